The average molecular weight is 381 g/mol. The van der Waals surface area contributed by atoms with Gasteiger partial charge in [0.1, 0.15) is 17.4 Å². The number of carbonyl (C=O) groups is 1. The van der Waals surface area contributed by atoms with E-state index in [1.165, 1.54) is 6.08 Å². The first kappa shape index (κ1) is 19.5. The summed E-state index contributed by atoms with van der Waals surface area (Å²) in [4.78, 5) is 12.0. The number of ether oxygens (including phenoxy) is 2. The molecule has 0 saturated carbocycles. The number of carbonyl (C=O) groups excluding carboxylic acids is 1. The quantitative estimate of drug-likeness (QED) is 0.582. The smallest absolute Gasteiger partial charge is 0.244 e. The van der Waals surface area contributed by atoms with Gasteiger partial charge in [0.05, 0.1) is 14.2 Å². The van der Waals surface area contributed by atoms with Crippen LogP contribution in [-0.4, -0.2) is 31.8 Å². The van der Waals surface area contributed by atoms with E-state index in [0.29, 0.717) is 30.2 Å². The molecule has 146 valence electrons. The molecule has 1 atom stereocenters. The predicted octanol–water partition coefficient (Wildman–Crippen LogP) is 3.70. The van der Waals surface area contributed by atoms with Gasteiger partial charge in [0.2, 0.25) is 5.91 Å². The van der Waals surface area contributed by atoms with Gasteiger partial charge in [-0.2, -0.15) is 0 Å². The molecule has 6 nitrogen and oxygen atoms in total. The molecule has 0 radical (unpaired) electrons. The Bertz CT molecular complexity index is 943. The number of fused-ring (bicyclic) bond motifs is 1. The molecule has 0 spiro atoms. The molecular formula is C22H23NO5. The summed E-state index contributed by atoms with van der Waals surface area (Å²) in [6, 6.07) is 14.8. The molecule has 1 amide bonds. The summed E-state index contributed by atoms with van der Waals surface area (Å²) in [5.41, 5.74) is 1.55. The maximum Gasteiger partial charge on any atom is 0.244 e. The van der Waals surface area contributed by atoms with Crippen molar-refractivity contribution in [2.75, 3.05) is 20.8 Å². The van der Waals surface area contributed by atoms with Crippen LogP contribution < -0.4 is 14.8 Å². The lowest BCUT2D eigenvalue weighted by molar-refractivity contribution is -0.116. The SMILES string of the molecule is COc1ccc(/C=C/C(=O)NCC[C@@H](O)c2cc3ccccc3o2)cc1OC. The molecule has 6 heteroatoms. The second-order valence-corrected chi connectivity index (χ2v) is 6.23. The number of hydrogen-bond acceptors (Lipinski definition) is 5. The Balaban J connectivity index is 1.50. The Hall–Kier alpha value is -3.25. The van der Waals surface area contributed by atoms with Crippen molar-refractivity contribution in [2.45, 2.75) is 12.5 Å². The number of para-hydroxylation sites is 1. The van der Waals surface area contributed by atoms with Gasteiger partial charge >= 0.3 is 0 Å². The van der Waals surface area contributed by atoms with Gasteiger partial charge < -0.3 is 24.3 Å². The molecule has 0 bridgehead atoms. The van der Waals surface area contributed by atoms with E-state index >= 15 is 0 Å². The molecule has 0 saturated heterocycles. The van der Waals surface area contributed by atoms with Crippen molar-refractivity contribution in [1.29, 1.82) is 0 Å². The van der Waals surface area contributed by atoms with Crippen LogP contribution in [-0.2, 0) is 4.79 Å². The third-order valence-corrected chi connectivity index (χ3v) is 4.32. The van der Waals surface area contributed by atoms with Gasteiger partial charge in [-0.3, -0.25) is 4.79 Å². The molecule has 0 fully saturated rings. The molecule has 3 aromatic rings. The van der Waals surface area contributed by atoms with Crippen LogP contribution in [0.3, 0.4) is 0 Å². The van der Waals surface area contributed by atoms with E-state index in [-0.39, 0.29) is 5.91 Å². The van der Waals surface area contributed by atoms with Crippen molar-refractivity contribution in [3.05, 3.63) is 65.9 Å². The lowest BCUT2D eigenvalue weighted by Gasteiger charge is -2.08. The van der Waals surface area contributed by atoms with Gasteiger partial charge in [0.15, 0.2) is 11.5 Å². The highest BCUT2D eigenvalue weighted by atomic mass is 16.5. The number of amides is 1. The fraction of sp³-hybridized carbons (Fsp3) is 0.227. The van der Waals surface area contributed by atoms with Crippen molar-refractivity contribution >= 4 is 23.0 Å². The lowest BCUT2D eigenvalue weighted by atomic mass is 10.1. The number of furan rings is 1. The second-order valence-electron chi connectivity index (χ2n) is 6.23. The standard InChI is InChI=1S/C22H23NO5/c1-26-19-9-7-15(13-21(19)27-2)8-10-22(25)23-12-11-17(24)20-14-16-5-3-4-6-18(16)28-20/h3-10,13-14,17,24H,11-12H2,1-2H3,(H,23,25)/b10-8+/t17-/m1/s1. The molecule has 28 heavy (non-hydrogen) atoms. The molecular weight excluding hydrogens is 358 g/mol. The fourth-order valence-corrected chi connectivity index (χ4v) is 2.83. The first-order chi connectivity index (χ1) is 13.6. The third kappa shape index (κ3) is 4.72. The number of nitrogens with one attached hydrogen (secondary N) is 1. The molecule has 2 N–H and O–H groups in total. The number of benzene rings is 2. The van der Waals surface area contributed by atoms with E-state index in [0.717, 1.165) is 16.5 Å². The molecule has 0 aliphatic carbocycles. The number of aliphatic hydroxyl groups is 1. The molecule has 0 aliphatic heterocycles. The zero-order valence-electron chi connectivity index (χ0n) is 15.8. The molecule has 2 aromatic carbocycles. The normalized spacial score (nSPS) is 12.2. The molecule has 0 unspecified atom stereocenters. The van der Waals surface area contributed by atoms with Gasteiger partial charge in [0, 0.05) is 18.0 Å². The van der Waals surface area contributed by atoms with Crippen LogP contribution in [0.2, 0.25) is 0 Å². The van der Waals surface area contributed by atoms with Gasteiger partial charge in [-0.15, -0.1) is 0 Å². The van der Waals surface area contributed by atoms with Crippen molar-refractivity contribution in [3.8, 4) is 11.5 Å². The Morgan fingerprint density at radius 3 is 2.68 bits per heavy atom. The minimum atomic E-state index is -0.775. The molecule has 0 aliphatic rings. The summed E-state index contributed by atoms with van der Waals surface area (Å²) in [5.74, 6) is 1.48. The zero-order chi connectivity index (χ0) is 19.9. The maximum atomic E-state index is 12.0. The van der Waals surface area contributed by atoms with Gasteiger partial charge in [-0.25, -0.2) is 0 Å². The van der Waals surface area contributed by atoms with Gasteiger partial charge in [0.25, 0.3) is 0 Å². The van der Waals surface area contributed by atoms with E-state index in [4.69, 9.17) is 13.9 Å². The highest BCUT2D eigenvalue weighted by Gasteiger charge is 2.13. The van der Waals surface area contributed by atoms with E-state index in [1.807, 2.05) is 36.4 Å². The first-order valence-electron chi connectivity index (χ1n) is 8.95. The van der Waals surface area contributed by atoms with Crippen LogP contribution in [0.5, 0.6) is 11.5 Å². The van der Waals surface area contributed by atoms with Crippen molar-refractivity contribution in [3.63, 3.8) is 0 Å². The molecule has 1 aromatic heterocycles. The Kier molecular flexibility index (Phi) is 6.34. The predicted molar refractivity (Wildman–Crippen MR) is 107 cm³/mol. The van der Waals surface area contributed by atoms with Gasteiger partial charge in [-0.05, 0) is 42.3 Å². The topological polar surface area (TPSA) is 80.9 Å². The highest BCUT2D eigenvalue weighted by molar-refractivity contribution is 5.91. The number of hydrogen-bond donors (Lipinski definition) is 2. The van der Waals surface area contributed by atoms with Crippen LogP contribution >= 0.6 is 0 Å². The summed E-state index contributed by atoms with van der Waals surface area (Å²) in [7, 11) is 3.13. The van der Waals surface area contributed by atoms with E-state index in [9.17, 15) is 9.90 Å². The van der Waals surface area contributed by atoms with Gasteiger partial charge in [-0.1, -0.05) is 24.3 Å². The van der Waals surface area contributed by atoms with E-state index in [2.05, 4.69) is 5.32 Å². The van der Waals surface area contributed by atoms with Crippen LogP contribution in [0.1, 0.15) is 23.8 Å². The summed E-state index contributed by atoms with van der Waals surface area (Å²) in [6.07, 6.45) is 2.71. The van der Waals surface area contributed by atoms with Crippen LogP contribution in [0.15, 0.2) is 59.0 Å². The first-order valence-corrected chi connectivity index (χ1v) is 8.95. The Morgan fingerprint density at radius 1 is 1.14 bits per heavy atom. The summed E-state index contributed by atoms with van der Waals surface area (Å²) < 4.78 is 16.1. The largest absolute Gasteiger partial charge is 0.493 e. The van der Waals surface area contributed by atoms with Crippen LogP contribution in [0.4, 0.5) is 0 Å². The van der Waals surface area contributed by atoms with Crippen LogP contribution in [0, 0.1) is 0 Å². The minimum absolute atomic E-state index is 0.244. The summed E-state index contributed by atoms with van der Waals surface area (Å²) in [6.45, 7) is 0.327. The minimum Gasteiger partial charge on any atom is -0.493 e. The molecule has 1 heterocycles. The Morgan fingerprint density at radius 2 is 1.93 bits per heavy atom. The second kappa shape index (κ2) is 9.10. The molecule has 3 rings (SSSR count). The number of aliphatic hydroxyl groups excluding tert-OH is 1. The van der Waals surface area contributed by atoms with Crippen molar-refractivity contribution in [1.82, 2.24) is 5.32 Å². The van der Waals surface area contributed by atoms with Crippen molar-refractivity contribution < 1.29 is 23.8 Å². The maximum absolute atomic E-state index is 12.0. The van der Waals surface area contributed by atoms with E-state index in [1.54, 1.807) is 32.4 Å². The lowest BCUT2D eigenvalue weighted by Crippen LogP contribution is -2.23. The van der Waals surface area contributed by atoms with Crippen molar-refractivity contribution in [2.24, 2.45) is 0 Å². The number of rotatable bonds is 8. The zero-order valence-corrected chi connectivity index (χ0v) is 15.8. The fourth-order valence-electron chi connectivity index (χ4n) is 2.83. The highest BCUT2D eigenvalue weighted by Crippen LogP contribution is 2.28. The number of methoxy groups -OCH3 is 2. The van der Waals surface area contributed by atoms with Crippen LogP contribution in [0.25, 0.3) is 17.0 Å². The Labute approximate surface area is 163 Å². The summed E-state index contributed by atoms with van der Waals surface area (Å²) >= 11 is 0. The third-order valence-electron chi connectivity index (χ3n) is 4.32. The summed E-state index contributed by atoms with van der Waals surface area (Å²) in [5, 5.41) is 14.0. The van der Waals surface area contributed by atoms with E-state index < -0.39 is 6.10 Å². The monoisotopic (exact) mass is 381 g/mol. The average Bonchev–Trinajstić information content (AvgIpc) is 3.16.